The average molecular weight is 361 g/mol. The minimum absolute atomic E-state index is 0.137. The van der Waals surface area contributed by atoms with Gasteiger partial charge in [-0.2, -0.15) is 0 Å². The normalized spacial score (nSPS) is 10.3. The summed E-state index contributed by atoms with van der Waals surface area (Å²) in [4.78, 5) is 16.8. The molecule has 0 atom stereocenters. The van der Waals surface area contributed by atoms with Crippen LogP contribution in [0.5, 0.6) is 5.75 Å². The fourth-order valence-electron chi connectivity index (χ4n) is 2.72. The molecule has 0 aliphatic heterocycles. The molecule has 5 heteroatoms. The molecule has 0 saturated heterocycles. The zero-order valence-electron chi connectivity index (χ0n) is 15.5. The Morgan fingerprint density at radius 1 is 1.07 bits per heavy atom. The number of hydrogen-bond acceptors (Lipinski definition) is 4. The third-order valence-corrected chi connectivity index (χ3v) is 4.17. The molecular weight excluding hydrogens is 338 g/mol. The topological polar surface area (TPSA) is 63.2 Å². The molecule has 2 N–H and O–H groups in total. The van der Waals surface area contributed by atoms with Gasteiger partial charge in [-0.25, -0.2) is 4.98 Å². The van der Waals surface area contributed by atoms with Crippen LogP contribution in [0.4, 0.5) is 11.5 Å². The van der Waals surface area contributed by atoms with Crippen LogP contribution in [0.15, 0.2) is 66.9 Å². The van der Waals surface area contributed by atoms with E-state index in [1.54, 1.807) is 18.3 Å². The van der Waals surface area contributed by atoms with Crippen molar-refractivity contribution < 1.29 is 9.53 Å². The van der Waals surface area contributed by atoms with Crippen LogP contribution in [0.1, 0.15) is 28.4 Å². The molecule has 0 aliphatic rings. The van der Waals surface area contributed by atoms with E-state index in [0.29, 0.717) is 24.5 Å². The molecule has 0 unspecified atom stereocenters. The van der Waals surface area contributed by atoms with Crippen LogP contribution in [0.25, 0.3) is 0 Å². The first kappa shape index (κ1) is 18.5. The zero-order chi connectivity index (χ0) is 19.1. The molecule has 1 aromatic heterocycles. The molecule has 0 radical (unpaired) electrons. The summed E-state index contributed by atoms with van der Waals surface area (Å²) < 4.78 is 5.62. The van der Waals surface area contributed by atoms with Gasteiger partial charge in [-0.3, -0.25) is 4.79 Å². The van der Waals surface area contributed by atoms with Gasteiger partial charge >= 0.3 is 0 Å². The van der Waals surface area contributed by atoms with Crippen molar-refractivity contribution >= 4 is 17.4 Å². The van der Waals surface area contributed by atoms with Gasteiger partial charge in [-0.15, -0.1) is 0 Å². The maximum Gasteiger partial charge on any atom is 0.251 e. The highest BCUT2D eigenvalue weighted by Crippen LogP contribution is 2.26. The molecule has 0 saturated carbocycles. The largest absolute Gasteiger partial charge is 0.492 e. The minimum atomic E-state index is -0.137. The molecular formula is C22H23N3O2. The first-order chi connectivity index (χ1) is 13.2. The first-order valence-corrected chi connectivity index (χ1v) is 8.95. The second kappa shape index (κ2) is 8.85. The predicted octanol–water partition coefficient (Wildman–Crippen LogP) is 4.46. The smallest absolute Gasteiger partial charge is 0.251 e. The van der Waals surface area contributed by atoms with E-state index in [0.717, 1.165) is 22.6 Å². The monoisotopic (exact) mass is 361 g/mol. The molecule has 3 rings (SSSR count). The number of pyridine rings is 1. The summed E-state index contributed by atoms with van der Waals surface area (Å²) in [5.41, 5.74) is 3.62. The second-order valence-corrected chi connectivity index (χ2v) is 6.09. The summed E-state index contributed by atoms with van der Waals surface area (Å²) >= 11 is 0. The minimum Gasteiger partial charge on any atom is -0.492 e. The maximum atomic E-state index is 12.5. The van der Waals surface area contributed by atoms with Crippen molar-refractivity contribution in [2.24, 2.45) is 0 Å². The summed E-state index contributed by atoms with van der Waals surface area (Å²) in [5, 5.41) is 6.18. The Balaban J connectivity index is 1.70. The molecule has 0 spiro atoms. The Morgan fingerprint density at radius 3 is 2.67 bits per heavy atom. The van der Waals surface area contributed by atoms with E-state index >= 15 is 0 Å². The maximum absolute atomic E-state index is 12.5. The molecule has 1 heterocycles. The number of carbonyl (C=O) groups is 1. The van der Waals surface area contributed by atoms with E-state index in [4.69, 9.17) is 4.74 Å². The van der Waals surface area contributed by atoms with Crippen LogP contribution >= 0.6 is 0 Å². The highest BCUT2D eigenvalue weighted by Gasteiger charge is 2.09. The number of benzene rings is 2. The van der Waals surface area contributed by atoms with Crippen LogP contribution in [-0.2, 0) is 6.54 Å². The number of hydrogen-bond donors (Lipinski definition) is 2. The van der Waals surface area contributed by atoms with E-state index in [2.05, 4.69) is 15.6 Å². The van der Waals surface area contributed by atoms with Crippen molar-refractivity contribution in [3.8, 4) is 5.75 Å². The van der Waals surface area contributed by atoms with Gasteiger partial charge in [0.25, 0.3) is 5.91 Å². The molecule has 2 aromatic carbocycles. The lowest BCUT2D eigenvalue weighted by Gasteiger charge is -2.12. The zero-order valence-corrected chi connectivity index (χ0v) is 15.5. The Kier molecular flexibility index (Phi) is 6.05. The Morgan fingerprint density at radius 2 is 1.85 bits per heavy atom. The summed E-state index contributed by atoms with van der Waals surface area (Å²) in [6.07, 6.45) is 1.62. The fraction of sp³-hybridized carbons (Fsp3) is 0.182. The van der Waals surface area contributed by atoms with Gasteiger partial charge in [0, 0.05) is 18.3 Å². The van der Waals surface area contributed by atoms with Gasteiger partial charge in [0.15, 0.2) is 0 Å². The van der Waals surface area contributed by atoms with Crippen LogP contribution in [0.2, 0.25) is 0 Å². The fourth-order valence-corrected chi connectivity index (χ4v) is 2.72. The third kappa shape index (κ3) is 4.85. The number of amides is 1. The number of aryl methyl sites for hydroxylation is 1. The van der Waals surface area contributed by atoms with E-state index in [1.807, 2.05) is 62.4 Å². The van der Waals surface area contributed by atoms with E-state index in [-0.39, 0.29) is 5.91 Å². The lowest BCUT2D eigenvalue weighted by Crippen LogP contribution is -2.23. The summed E-state index contributed by atoms with van der Waals surface area (Å²) in [7, 11) is 0. The molecule has 0 aliphatic carbocycles. The molecule has 3 aromatic rings. The van der Waals surface area contributed by atoms with Crippen LogP contribution in [0.3, 0.4) is 0 Å². The second-order valence-electron chi connectivity index (χ2n) is 6.09. The quantitative estimate of drug-likeness (QED) is 0.652. The molecule has 27 heavy (non-hydrogen) atoms. The predicted molar refractivity (Wildman–Crippen MR) is 107 cm³/mol. The Labute approximate surface area is 159 Å². The van der Waals surface area contributed by atoms with Crippen molar-refractivity contribution in [2.45, 2.75) is 20.4 Å². The number of anilines is 2. The number of para-hydroxylation sites is 2. The highest BCUT2D eigenvalue weighted by molar-refractivity contribution is 5.94. The van der Waals surface area contributed by atoms with Gasteiger partial charge < -0.3 is 15.4 Å². The van der Waals surface area contributed by atoms with Crippen molar-refractivity contribution in [1.29, 1.82) is 0 Å². The number of carbonyl (C=O) groups excluding carboxylic acids is 1. The molecule has 5 nitrogen and oxygen atoms in total. The SMILES string of the molecule is CCOc1ccccc1Nc1cc(C(=O)NCc2ccccc2C)ccn1. The van der Waals surface area contributed by atoms with E-state index < -0.39 is 0 Å². The lowest BCUT2D eigenvalue weighted by molar-refractivity contribution is 0.0951. The van der Waals surface area contributed by atoms with Gasteiger partial charge in [-0.1, -0.05) is 36.4 Å². The first-order valence-electron chi connectivity index (χ1n) is 8.95. The number of aromatic nitrogens is 1. The molecule has 0 fully saturated rings. The van der Waals surface area contributed by atoms with Gasteiger partial charge in [0.2, 0.25) is 0 Å². The van der Waals surface area contributed by atoms with Crippen LogP contribution < -0.4 is 15.4 Å². The van der Waals surface area contributed by atoms with Crippen molar-refractivity contribution in [1.82, 2.24) is 10.3 Å². The number of ether oxygens (including phenoxy) is 1. The summed E-state index contributed by atoms with van der Waals surface area (Å²) in [6.45, 7) is 5.04. The van der Waals surface area contributed by atoms with Gasteiger partial charge in [0.1, 0.15) is 11.6 Å². The number of nitrogens with one attached hydrogen (secondary N) is 2. The van der Waals surface area contributed by atoms with Crippen molar-refractivity contribution in [3.63, 3.8) is 0 Å². The molecule has 1 amide bonds. The van der Waals surface area contributed by atoms with E-state index in [9.17, 15) is 4.79 Å². The van der Waals surface area contributed by atoms with Crippen LogP contribution in [-0.4, -0.2) is 17.5 Å². The Hall–Kier alpha value is -3.34. The lowest BCUT2D eigenvalue weighted by atomic mass is 10.1. The molecule has 138 valence electrons. The Bertz CT molecular complexity index is 925. The molecule has 0 bridgehead atoms. The van der Waals surface area contributed by atoms with E-state index in [1.165, 1.54) is 0 Å². The third-order valence-electron chi connectivity index (χ3n) is 4.17. The van der Waals surface area contributed by atoms with Gasteiger partial charge in [-0.05, 0) is 49.2 Å². The average Bonchev–Trinajstić information content (AvgIpc) is 2.69. The number of rotatable bonds is 7. The van der Waals surface area contributed by atoms with Crippen molar-refractivity contribution in [2.75, 3.05) is 11.9 Å². The van der Waals surface area contributed by atoms with Crippen LogP contribution in [0, 0.1) is 6.92 Å². The standard InChI is InChI=1S/C22H23N3O2/c1-3-27-20-11-7-6-10-19(20)25-21-14-17(12-13-23-21)22(26)24-15-18-9-5-4-8-16(18)2/h4-14H,3,15H2,1-2H3,(H,23,25)(H,24,26). The van der Waals surface area contributed by atoms with Crippen molar-refractivity contribution in [3.05, 3.63) is 83.6 Å². The van der Waals surface area contributed by atoms with Gasteiger partial charge in [0.05, 0.1) is 12.3 Å². The summed E-state index contributed by atoms with van der Waals surface area (Å²) in [5.74, 6) is 1.20. The highest BCUT2D eigenvalue weighted by atomic mass is 16.5. The summed E-state index contributed by atoms with van der Waals surface area (Å²) in [6, 6.07) is 19.1. The number of nitrogens with zero attached hydrogens (tertiary/aromatic N) is 1.